The number of amides is 1. The Hall–Kier alpha value is -2.76. The van der Waals surface area contributed by atoms with Crippen LogP contribution in [0.25, 0.3) is 11.1 Å². The molecule has 3 rings (SSSR count). The van der Waals surface area contributed by atoms with Crippen LogP contribution in [0, 0.1) is 0 Å². The highest BCUT2D eigenvalue weighted by molar-refractivity contribution is 5.82. The second-order valence-corrected chi connectivity index (χ2v) is 7.58. The van der Waals surface area contributed by atoms with E-state index in [4.69, 9.17) is 0 Å². The van der Waals surface area contributed by atoms with E-state index < -0.39 is 58.3 Å². The molecule has 1 amide bonds. The summed E-state index contributed by atoms with van der Waals surface area (Å²) in [6, 6.07) is 2.27. The van der Waals surface area contributed by atoms with Gasteiger partial charge in [-0.3, -0.25) is 4.79 Å². The fourth-order valence-electron chi connectivity index (χ4n) is 3.47. The van der Waals surface area contributed by atoms with Crippen molar-refractivity contribution < 1.29 is 44.3 Å². The van der Waals surface area contributed by atoms with E-state index in [0.717, 1.165) is 12.5 Å². The fraction of sp³-hybridized carbons (Fsp3) is 0.381. The number of carbonyl (C=O) groups is 1. The van der Waals surface area contributed by atoms with Crippen molar-refractivity contribution in [2.24, 2.45) is 0 Å². The minimum absolute atomic E-state index is 0.104. The number of benzene rings is 2. The molecule has 33 heavy (non-hydrogen) atoms. The van der Waals surface area contributed by atoms with Gasteiger partial charge in [0.15, 0.2) is 0 Å². The normalized spacial score (nSPS) is 17.3. The lowest BCUT2D eigenvalue weighted by Crippen LogP contribution is -2.40. The summed E-state index contributed by atoms with van der Waals surface area (Å²) in [5, 5.41) is 5.34. The van der Waals surface area contributed by atoms with Crippen molar-refractivity contribution in [3.05, 3.63) is 58.7 Å². The monoisotopic (exact) mass is 484 g/mol. The summed E-state index contributed by atoms with van der Waals surface area (Å²) in [5.41, 5.74) is -5.87. The molecule has 1 heterocycles. The lowest BCUT2D eigenvalue weighted by atomic mass is 9.95. The molecule has 12 heteroatoms. The first-order valence-electron chi connectivity index (χ1n) is 9.67. The molecule has 0 spiro atoms. The number of alkyl halides is 9. The molecule has 2 aromatic rings. The van der Waals surface area contributed by atoms with E-state index in [1.165, 1.54) is 0 Å². The van der Waals surface area contributed by atoms with Crippen LogP contribution in [0.5, 0.6) is 0 Å². The van der Waals surface area contributed by atoms with Crippen molar-refractivity contribution in [1.29, 1.82) is 0 Å². The minimum Gasteiger partial charge on any atom is -0.351 e. The van der Waals surface area contributed by atoms with Crippen molar-refractivity contribution in [2.75, 3.05) is 6.54 Å². The Morgan fingerprint density at radius 1 is 0.788 bits per heavy atom. The summed E-state index contributed by atoms with van der Waals surface area (Å²) < 4.78 is 119. The van der Waals surface area contributed by atoms with Gasteiger partial charge in [-0.25, -0.2) is 0 Å². The average molecular weight is 484 g/mol. The van der Waals surface area contributed by atoms with Crippen molar-refractivity contribution in [3.8, 4) is 11.1 Å². The number of nitrogens with one attached hydrogen (secondary N) is 2. The van der Waals surface area contributed by atoms with Crippen LogP contribution >= 0.6 is 0 Å². The Labute approximate surface area is 182 Å². The summed E-state index contributed by atoms with van der Waals surface area (Å²) in [5.74, 6) is -0.468. The van der Waals surface area contributed by atoms with Crippen molar-refractivity contribution in [3.63, 3.8) is 0 Å². The maximum Gasteiger partial charge on any atom is 0.416 e. The van der Waals surface area contributed by atoms with E-state index >= 15 is 0 Å². The molecule has 1 aliphatic heterocycles. The first-order valence-corrected chi connectivity index (χ1v) is 9.67. The van der Waals surface area contributed by atoms with Gasteiger partial charge in [0.2, 0.25) is 5.91 Å². The molecule has 0 bridgehead atoms. The first kappa shape index (κ1) is 24.9. The molecule has 1 aliphatic rings. The number of rotatable bonds is 4. The predicted octanol–water partition coefficient (Wildman–Crippen LogP) is 5.78. The molecule has 2 N–H and O–H groups in total. The van der Waals surface area contributed by atoms with Gasteiger partial charge in [0.1, 0.15) is 0 Å². The molecular weight excluding hydrogens is 467 g/mol. The second kappa shape index (κ2) is 8.88. The van der Waals surface area contributed by atoms with E-state index in [9.17, 15) is 44.3 Å². The van der Waals surface area contributed by atoms with E-state index in [0.29, 0.717) is 37.2 Å². The van der Waals surface area contributed by atoms with Crippen molar-refractivity contribution in [1.82, 2.24) is 10.6 Å². The Morgan fingerprint density at radius 2 is 1.27 bits per heavy atom. The lowest BCUT2D eigenvalue weighted by molar-refractivity contribution is -0.143. The number of hydrogen-bond donors (Lipinski definition) is 2. The number of carbonyl (C=O) groups excluding carboxylic acids is 1. The molecule has 0 aliphatic carbocycles. The largest absolute Gasteiger partial charge is 0.416 e. The summed E-state index contributed by atoms with van der Waals surface area (Å²) in [7, 11) is 0. The van der Waals surface area contributed by atoms with Gasteiger partial charge in [-0.1, -0.05) is 0 Å². The summed E-state index contributed by atoms with van der Waals surface area (Å²) in [6.45, 7) is 0.210. The van der Waals surface area contributed by atoms with Crippen LogP contribution in [0.3, 0.4) is 0 Å². The maximum absolute atomic E-state index is 13.4. The van der Waals surface area contributed by atoms with Crippen molar-refractivity contribution >= 4 is 5.91 Å². The smallest absolute Gasteiger partial charge is 0.351 e. The molecule has 3 nitrogen and oxygen atoms in total. The van der Waals surface area contributed by atoms with E-state index in [2.05, 4.69) is 10.6 Å². The highest BCUT2D eigenvalue weighted by Crippen LogP contribution is 2.40. The average Bonchev–Trinajstić information content (AvgIpc) is 3.24. The Bertz CT molecular complexity index is 988. The SMILES string of the molecule is O=C(NCc1cc(-c2cc(C(F)(F)F)cc(C(F)(F)F)c2)cc(C(F)(F)F)c1)[C@H]1CCCN1. The Kier molecular flexibility index (Phi) is 6.69. The molecule has 0 unspecified atom stereocenters. The third-order valence-electron chi connectivity index (χ3n) is 5.08. The van der Waals surface area contributed by atoms with E-state index in [1.54, 1.807) is 0 Å². The summed E-state index contributed by atoms with van der Waals surface area (Å²) >= 11 is 0. The molecule has 0 saturated carbocycles. The quantitative estimate of drug-likeness (QED) is 0.541. The Balaban J connectivity index is 2.04. The highest BCUT2D eigenvalue weighted by atomic mass is 19.4. The zero-order valence-electron chi connectivity index (χ0n) is 16.7. The molecule has 2 aromatic carbocycles. The lowest BCUT2D eigenvalue weighted by Gasteiger charge is -2.17. The van der Waals surface area contributed by atoms with Crippen LogP contribution in [0.2, 0.25) is 0 Å². The molecule has 0 aromatic heterocycles. The third kappa shape index (κ3) is 6.18. The van der Waals surface area contributed by atoms with Crippen LogP contribution in [0.15, 0.2) is 36.4 Å². The topological polar surface area (TPSA) is 41.1 Å². The molecule has 1 saturated heterocycles. The molecule has 0 radical (unpaired) electrons. The zero-order chi connectivity index (χ0) is 24.6. The van der Waals surface area contributed by atoms with Gasteiger partial charge in [0.25, 0.3) is 0 Å². The molecule has 1 fully saturated rings. The van der Waals surface area contributed by atoms with E-state index in [-0.39, 0.29) is 18.2 Å². The van der Waals surface area contributed by atoms with Gasteiger partial charge < -0.3 is 10.6 Å². The van der Waals surface area contributed by atoms with Gasteiger partial charge in [-0.15, -0.1) is 0 Å². The fourth-order valence-corrected chi connectivity index (χ4v) is 3.47. The maximum atomic E-state index is 13.4. The third-order valence-corrected chi connectivity index (χ3v) is 5.08. The van der Waals surface area contributed by atoms with Crippen LogP contribution < -0.4 is 10.6 Å². The summed E-state index contributed by atoms with van der Waals surface area (Å²) in [6.07, 6.45) is -13.9. The standard InChI is InChI=1S/C21H17F9N2O/c22-19(23,24)14-5-11(10-32-18(33)17-2-1-3-31-17)4-12(6-14)13-7-15(20(25,26)27)9-16(8-13)21(28,29)30/h4-9,17,31H,1-3,10H2,(H,32,33)/t17-/m1/s1. The van der Waals surface area contributed by atoms with Gasteiger partial charge in [0, 0.05) is 6.54 Å². The zero-order valence-corrected chi connectivity index (χ0v) is 16.7. The van der Waals surface area contributed by atoms with Gasteiger partial charge in [0.05, 0.1) is 22.7 Å². The van der Waals surface area contributed by atoms with Crippen LogP contribution in [0.1, 0.15) is 35.1 Å². The molecule has 1 atom stereocenters. The molecular formula is C21H17F9N2O. The van der Waals surface area contributed by atoms with Gasteiger partial charge in [-0.05, 0) is 72.5 Å². The number of halogens is 9. The van der Waals surface area contributed by atoms with Crippen molar-refractivity contribution in [2.45, 2.75) is 44.0 Å². The predicted molar refractivity (Wildman–Crippen MR) is 99.8 cm³/mol. The number of hydrogen-bond acceptors (Lipinski definition) is 2. The molecule has 180 valence electrons. The van der Waals surface area contributed by atoms with Gasteiger partial charge >= 0.3 is 18.5 Å². The van der Waals surface area contributed by atoms with E-state index in [1.807, 2.05) is 0 Å². The van der Waals surface area contributed by atoms with Crippen LogP contribution in [-0.2, 0) is 29.9 Å². The minimum atomic E-state index is -5.15. The van der Waals surface area contributed by atoms with Gasteiger partial charge in [-0.2, -0.15) is 39.5 Å². The van der Waals surface area contributed by atoms with Crippen LogP contribution in [0.4, 0.5) is 39.5 Å². The van der Waals surface area contributed by atoms with Crippen LogP contribution in [-0.4, -0.2) is 18.5 Å². The highest BCUT2D eigenvalue weighted by Gasteiger charge is 2.37. The Morgan fingerprint density at radius 3 is 1.73 bits per heavy atom. The summed E-state index contributed by atoms with van der Waals surface area (Å²) in [4.78, 5) is 12.1. The first-order chi connectivity index (χ1) is 15.1. The second-order valence-electron chi connectivity index (χ2n) is 7.58.